The van der Waals surface area contributed by atoms with E-state index in [1.165, 1.54) is 12.8 Å². The zero-order valence-electron chi connectivity index (χ0n) is 22.7. The molecule has 0 amide bonds. The van der Waals surface area contributed by atoms with Gasteiger partial charge in [0.1, 0.15) is 5.52 Å². The van der Waals surface area contributed by atoms with Crippen LogP contribution in [0.25, 0.3) is 22.2 Å². The number of halogens is 2. The number of hydrogen-bond acceptors (Lipinski definition) is 7. The number of rotatable bonds is 9. The SMILES string of the molecule is Cc1cc(-c2c(Cl)cccc2Cl)cc2nnc(Nc3ccc(S(=O)(=O)N(CCN4CCCC4)C(C)C)cc3)nc12. The predicted molar refractivity (Wildman–Crippen MR) is 162 cm³/mol. The summed E-state index contributed by atoms with van der Waals surface area (Å²) < 4.78 is 28.5. The Labute approximate surface area is 245 Å². The quantitative estimate of drug-likeness (QED) is 0.234. The molecule has 0 unspecified atom stereocenters. The Morgan fingerprint density at radius 1 is 1.00 bits per heavy atom. The molecule has 0 radical (unpaired) electrons. The van der Waals surface area contributed by atoms with E-state index in [1.807, 2.05) is 32.9 Å². The van der Waals surface area contributed by atoms with Crippen molar-refractivity contribution >= 4 is 55.9 Å². The summed E-state index contributed by atoms with van der Waals surface area (Å²) in [6.07, 6.45) is 2.36. The van der Waals surface area contributed by atoms with Crippen molar-refractivity contribution in [3.05, 3.63) is 70.2 Å². The Kier molecular flexibility index (Phi) is 8.58. The lowest BCUT2D eigenvalue weighted by molar-refractivity contribution is 0.273. The lowest BCUT2D eigenvalue weighted by Crippen LogP contribution is -2.41. The number of anilines is 2. The van der Waals surface area contributed by atoms with Gasteiger partial charge in [-0.1, -0.05) is 29.3 Å². The summed E-state index contributed by atoms with van der Waals surface area (Å²) in [6, 6.07) is 15.8. The molecular formula is C29H32Cl2N6O2S. The van der Waals surface area contributed by atoms with Crippen LogP contribution in [-0.4, -0.2) is 65.0 Å². The maximum absolute atomic E-state index is 13.4. The molecular weight excluding hydrogens is 567 g/mol. The fourth-order valence-corrected chi connectivity index (χ4v) is 7.30. The van der Waals surface area contributed by atoms with Crippen LogP contribution in [0, 0.1) is 6.92 Å². The highest BCUT2D eigenvalue weighted by Gasteiger charge is 2.28. The summed E-state index contributed by atoms with van der Waals surface area (Å²) in [5.74, 6) is 0.309. The van der Waals surface area contributed by atoms with Gasteiger partial charge in [-0.15, -0.1) is 10.2 Å². The fourth-order valence-electron chi connectivity index (χ4n) is 5.06. The number of hydrogen-bond donors (Lipinski definition) is 1. The van der Waals surface area contributed by atoms with Crippen molar-refractivity contribution in [2.45, 2.75) is 44.6 Å². The average Bonchev–Trinajstić information content (AvgIpc) is 3.43. The second-order valence-corrected chi connectivity index (χ2v) is 13.0. The van der Waals surface area contributed by atoms with E-state index >= 15 is 0 Å². The van der Waals surface area contributed by atoms with Gasteiger partial charge < -0.3 is 10.2 Å². The van der Waals surface area contributed by atoms with Gasteiger partial charge in [0.25, 0.3) is 0 Å². The average molecular weight is 600 g/mol. The van der Waals surface area contributed by atoms with E-state index < -0.39 is 10.0 Å². The van der Waals surface area contributed by atoms with E-state index in [9.17, 15) is 8.42 Å². The molecule has 1 N–H and O–H groups in total. The lowest BCUT2D eigenvalue weighted by atomic mass is 10.0. The molecule has 1 fully saturated rings. The second kappa shape index (κ2) is 12.0. The number of fused-ring (bicyclic) bond motifs is 1. The van der Waals surface area contributed by atoms with Crippen molar-refractivity contribution in [1.82, 2.24) is 24.4 Å². The molecule has 8 nitrogen and oxygen atoms in total. The third kappa shape index (κ3) is 6.09. The highest BCUT2D eigenvalue weighted by Crippen LogP contribution is 2.36. The van der Waals surface area contributed by atoms with Crippen LogP contribution in [0.15, 0.2) is 59.5 Å². The van der Waals surface area contributed by atoms with Crippen LogP contribution in [0.1, 0.15) is 32.3 Å². The minimum absolute atomic E-state index is 0.139. The number of sulfonamides is 1. The Balaban J connectivity index is 1.34. The highest BCUT2D eigenvalue weighted by atomic mass is 35.5. The zero-order valence-corrected chi connectivity index (χ0v) is 25.1. The van der Waals surface area contributed by atoms with E-state index in [0.717, 1.165) is 36.3 Å². The van der Waals surface area contributed by atoms with Gasteiger partial charge in [-0.25, -0.2) is 13.4 Å². The maximum atomic E-state index is 13.4. The third-order valence-corrected chi connectivity index (χ3v) is 9.85. The van der Waals surface area contributed by atoms with E-state index in [4.69, 9.17) is 23.2 Å². The summed E-state index contributed by atoms with van der Waals surface area (Å²) in [7, 11) is -3.63. The Hall–Kier alpha value is -2.82. The summed E-state index contributed by atoms with van der Waals surface area (Å²) in [4.78, 5) is 7.23. The van der Waals surface area contributed by atoms with E-state index in [0.29, 0.717) is 39.3 Å². The Morgan fingerprint density at radius 2 is 1.68 bits per heavy atom. The molecule has 11 heteroatoms. The first-order valence-corrected chi connectivity index (χ1v) is 15.5. The molecule has 0 saturated carbocycles. The molecule has 0 spiro atoms. The first kappa shape index (κ1) is 28.7. The number of nitrogens with one attached hydrogen (secondary N) is 1. The van der Waals surface area contributed by atoms with Gasteiger partial charge in [-0.3, -0.25) is 0 Å². The van der Waals surface area contributed by atoms with Crippen LogP contribution in [-0.2, 0) is 10.0 Å². The number of aryl methyl sites for hydroxylation is 1. The molecule has 1 aliphatic heterocycles. The molecule has 210 valence electrons. The van der Waals surface area contributed by atoms with Crippen molar-refractivity contribution in [3.63, 3.8) is 0 Å². The summed E-state index contributed by atoms with van der Waals surface area (Å²) in [6.45, 7) is 9.06. The van der Waals surface area contributed by atoms with Crippen LogP contribution in [0.2, 0.25) is 10.0 Å². The largest absolute Gasteiger partial charge is 0.323 e. The third-order valence-electron chi connectivity index (χ3n) is 7.13. The van der Waals surface area contributed by atoms with Crippen molar-refractivity contribution in [2.24, 2.45) is 0 Å². The van der Waals surface area contributed by atoms with Crippen LogP contribution in [0.5, 0.6) is 0 Å². The second-order valence-electron chi connectivity index (χ2n) is 10.3. The topological polar surface area (TPSA) is 91.3 Å². The van der Waals surface area contributed by atoms with E-state index in [2.05, 4.69) is 25.4 Å². The predicted octanol–water partition coefficient (Wildman–Crippen LogP) is 6.55. The van der Waals surface area contributed by atoms with Gasteiger partial charge in [0.05, 0.1) is 10.4 Å². The van der Waals surface area contributed by atoms with Crippen molar-refractivity contribution in [2.75, 3.05) is 31.5 Å². The molecule has 4 aromatic rings. The minimum Gasteiger partial charge on any atom is -0.323 e. The van der Waals surface area contributed by atoms with Gasteiger partial charge >= 0.3 is 0 Å². The molecule has 1 aliphatic rings. The summed E-state index contributed by atoms with van der Waals surface area (Å²) >= 11 is 12.8. The summed E-state index contributed by atoms with van der Waals surface area (Å²) in [5, 5.41) is 12.9. The fraction of sp³-hybridized carbons (Fsp3) is 0.345. The van der Waals surface area contributed by atoms with Crippen molar-refractivity contribution in [3.8, 4) is 11.1 Å². The van der Waals surface area contributed by atoms with Gasteiger partial charge in [0.2, 0.25) is 16.0 Å². The van der Waals surface area contributed by atoms with Gasteiger partial charge in [-0.2, -0.15) is 4.31 Å². The standard InChI is InChI=1S/C29H32Cl2N6O2S/c1-19(2)37(16-15-36-13-4-5-14-36)40(38,39)23-11-9-22(10-12-23)32-29-33-28-20(3)17-21(18-26(28)34-35-29)27-24(30)7-6-8-25(27)31/h6-12,17-19H,4-5,13-16H2,1-3H3,(H,32,33,35). The van der Waals surface area contributed by atoms with E-state index in [-0.39, 0.29) is 10.9 Å². The first-order chi connectivity index (χ1) is 19.1. The number of benzene rings is 3. The molecule has 0 aliphatic carbocycles. The van der Waals surface area contributed by atoms with E-state index in [1.54, 1.807) is 46.8 Å². The monoisotopic (exact) mass is 598 g/mol. The molecule has 2 heterocycles. The first-order valence-electron chi connectivity index (χ1n) is 13.3. The van der Waals surface area contributed by atoms with Crippen molar-refractivity contribution < 1.29 is 8.42 Å². The molecule has 0 atom stereocenters. The smallest absolute Gasteiger partial charge is 0.247 e. The lowest BCUT2D eigenvalue weighted by Gasteiger charge is -2.28. The van der Waals surface area contributed by atoms with Gasteiger partial charge in [-0.05, 0) is 106 Å². The molecule has 5 rings (SSSR count). The van der Waals surface area contributed by atoms with Gasteiger partial charge in [0, 0.05) is 40.4 Å². The van der Waals surface area contributed by atoms with Crippen LogP contribution in [0.4, 0.5) is 11.6 Å². The van der Waals surface area contributed by atoms with Crippen LogP contribution < -0.4 is 5.32 Å². The number of nitrogens with zero attached hydrogens (tertiary/aromatic N) is 5. The van der Waals surface area contributed by atoms with Gasteiger partial charge in [0.15, 0.2) is 0 Å². The van der Waals surface area contributed by atoms with Crippen LogP contribution >= 0.6 is 23.2 Å². The molecule has 0 bridgehead atoms. The van der Waals surface area contributed by atoms with Crippen molar-refractivity contribution in [1.29, 1.82) is 0 Å². The Morgan fingerprint density at radius 3 is 2.33 bits per heavy atom. The number of aromatic nitrogens is 3. The molecule has 40 heavy (non-hydrogen) atoms. The Bertz CT molecular complexity index is 1600. The molecule has 1 saturated heterocycles. The summed E-state index contributed by atoms with van der Waals surface area (Å²) in [5.41, 5.74) is 4.43. The minimum atomic E-state index is -3.63. The number of likely N-dealkylation sites (tertiary alicyclic amines) is 1. The molecule has 3 aromatic carbocycles. The normalized spacial score (nSPS) is 14.5. The highest BCUT2D eigenvalue weighted by molar-refractivity contribution is 7.89. The zero-order chi connectivity index (χ0) is 28.4. The maximum Gasteiger partial charge on any atom is 0.247 e. The van der Waals surface area contributed by atoms with Crippen LogP contribution in [0.3, 0.4) is 0 Å². The molecule has 1 aromatic heterocycles.